The second-order valence-electron chi connectivity index (χ2n) is 8.90. The second-order valence-corrected chi connectivity index (χ2v) is 8.90. The normalized spacial score (nSPS) is 18.2. The summed E-state index contributed by atoms with van der Waals surface area (Å²) in [6, 6.07) is 11.6. The minimum absolute atomic E-state index is 0.0745. The molecule has 0 heterocycles. The van der Waals surface area contributed by atoms with E-state index in [0.717, 1.165) is 0 Å². The van der Waals surface area contributed by atoms with Crippen LogP contribution in [-0.4, -0.2) is 5.54 Å². The lowest BCUT2D eigenvalue weighted by Crippen LogP contribution is -2.39. The van der Waals surface area contributed by atoms with Crippen LogP contribution in [0.3, 0.4) is 0 Å². The van der Waals surface area contributed by atoms with Crippen LogP contribution in [0.2, 0.25) is 0 Å². The Morgan fingerprint density at radius 2 is 1.61 bits per heavy atom. The van der Waals surface area contributed by atoms with Crippen molar-refractivity contribution in [3.63, 3.8) is 0 Å². The van der Waals surface area contributed by atoms with E-state index >= 15 is 0 Å². The largest absolute Gasteiger partial charge is 0.302 e. The maximum atomic E-state index is 3.83. The molecule has 0 amide bonds. The Balaban J connectivity index is 2.35. The molecule has 0 spiro atoms. The lowest BCUT2D eigenvalue weighted by Gasteiger charge is -2.35. The molecule has 1 heteroatoms. The lowest BCUT2D eigenvalue weighted by atomic mass is 9.75. The van der Waals surface area contributed by atoms with Gasteiger partial charge in [0.25, 0.3) is 0 Å². The summed E-state index contributed by atoms with van der Waals surface area (Å²) in [6.45, 7) is 15.9. The highest BCUT2D eigenvalue weighted by Gasteiger charge is 2.29. The van der Waals surface area contributed by atoms with Crippen molar-refractivity contribution in [3.8, 4) is 0 Å². The SMILES string of the molecule is CC1=CC(NC(C)(C)C)c2c(C(C)(C)C)ccc3cccc1c23. The molecule has 0 fully saturated rings. The molecule has 0 aromatic heterocycles. The van der Waals surface area contributed by atoms with Gasteiger partial charge in [-0.05, 0) is 66.1 Å². The van der Waals surface area contributed by atoms with Gasteiger partial charge in [-0.3, -0.25) is 0 Å². The van der Waals surface area contributed by atoms with E-state index in [1.54, 1.807) is 0 Å². The predicted octanol–water partition coefficient (Wildman–Crippen LogP) is 5.98. The van der Waals surface area contributed by atoms with Crippen molar-refractivity contribution < 1.29 is 0 Å². The van der Waals surface area contributed by atoms with Gasteiger partial charge in [-0.1, -0.05) is 57.2 Å². The van der Waals surface area contributed by atoms with E-state index in [-0.39, 0.29) is 17.0 Å². The second kappa shape index (κ2) is 5.21. The number of hydrogen-bond donors (Lipinski definition) is 1. The number of allylic oxidation sites excluding steroid dienone is 1. The average molecular weight is 307 g/mol. The Bertz CT molecular complexity index is 782. The van der Waals surface area contributed by atoms with Crippen LogP contribution in [0, 0.1) is 0 Å². The van der Waals surface area contributed by atoms with Crippen molar-refractivity contribution in [2.75, 3.05) is 0 Å². The van der Waals surface area contributed by atoms with Crippen LogP contribution in [0.25, 0.3) is 16.3 Å². The summed E-state index contributed by atoms with van der Waals surface area (Å²) in [6.07, 6.45) is 2.40. The molecular formula is C22H29N. The van der Waals surface area contributed by atoms with Gasteiger partial charge >= 0.3 is 0 Å². The molecule has 1 aliphatic rings. The minimum atomic E-state index is 0.0745. The first-order valence-corrected chi connectivity index (χ1v) is 8.60. The van der Waals surface area contributed by atoms with E-state index in [0.29, 0.717) is 0 Å². The molecule has 1 aliphatic carbocycles. The summed E-state index contributed by atoms with van der Waals surface area (Å²) in [5.41, 5.74) is 5.87. The van der Waals surface area contributed by atoms with Crippen molar-refractivity contribution >= 4 is 16.3 Å². The molecule has 1 unspecified atom stereocenters. The Labute approximate surface area is 140 Å². The molecule has 0 saturated carbocycles. The fraction of sp³-hybridized carbons (Fsp3) is 0.455. The van der Waals surface area contributed by atoms with E-state index in [4.69, 9.17) is 0 Å². The molecule has 1 nitrogen and oxygen atoms in total. The number of rotatable bonds is 1. The van der Waals surface area contributed by atoms with Gasteiger partial charge in [-0.15, -0.1) is 0 Å². The predicted molar refractivity (Wildman–Crippen MR) is 102 cm³/mol. The first-order valence-electron chi connectivity index (χ1n) is 8.60. The molecule has 0 aliphatic heterocycles. The van der Waals surface area contributed by atoms with Crippen LogP contribution >= 0.6 is 0 Å². The highest BCUT2D eigenvalue weighted by atomic mass is 15.0. The van der Waals surface area contributed by atoms with Crippen molar-refractivity contribution in [2.24, 2.45) is 0 Å². The zero-order chi connectivity index (χ0) is 17.0. The molecule has 1 atom stereocenters. The van der Waals surface area contributed by atoms with Gasteiger partial charge in [0.15, 0.2) is 0 Å². The van der Waals surface area contributed by atoms with E-state index in [2.05, 4.69) is 90.2 Å². The summed E-state index contributed by atoms with van der Waals surface area (Å²) in [4.78, 5) is 0. The Morgan fingerprint density at radius 3 is 2.22 bits per heavy atom. The summed E-state index contributed by atoms with van der Waals surface area (Å²) in [7, 11) is 0. The molecule has 0 radical (unpaired) electrons. The zero-order valence-corrected chi connectivity index (χ0v) is 15.5. The lowest BCUT2D eigenvalue weighted by molar-refractivity contribution is 0.394. The highest BCUT2D eigenvalue weighted by molar-refractivity contribution is 5.99. The number of hydrogen-bond acceptors (Lipinski definition) is 1. The van der Waals surface area contributed by atoms with E-state index in [1.165, 1.54) is 33.0 Å². The van der Waals surface area contributed by atoms with Crippen molar-refractivity contribution in [1.29, 1.82) is 0 Å². The van der Waals surface area contributed by atoms with Gasteiger partial charge in [0.2, 0.25) is 0 Å². The quantitative estimate of drug-likeness (QED) is 0.683. The third-order valence-corrected chi connectivity index (χ3v) is 4.63. The standard InChI is InChI=1S/C22H29N/c1-14-13-18(23-22(5,6)7)20-17(21(2,3)4)12-11-15-9-8-10-16(14)19(15)20/h8-13,18,23H,1-7H3. The Hall–Kier alpha value is -1.60. The van der Waals surface area contributed by atoms with Crippen molar-refractivity contribution in [2.45, 2.75) is 65.5 Å². The van der Waals surface area contributed by atoms with Gasteiger partial charge in [0, 0.05) is 5.54 Å². The monoisotopic (exact) mass is 307 g/mol. The summed E-state index contributed by atoms with van der Waals surface area (Å²) in [5, 5.41) is 6.60. The molecule has 122 valence electrons. The molecule has 3 rings (SSSR count). The third kappa shape index (κ3) is 2.95. The van der Waals surface area contributed by atoms with Crippen LogP contribution in [0.5, 0.6) is 0 Å². The van der Waals surface area contributed by atoms with Gasteiger partial charge < -0.3 is 5.32 Å². The molecule has 0 bridgehead atoms. The third-order valence-electron chi connectivity index (χ3n) is 4.63. The average Bonchev–Trinajstić information content (AvgIpc) is 2.41. The molecule has 2 aromatic rings. The summed E-state index contributed by atoms with van der Waals surface area (Å²) < 4.78 is 0. The number of benzene rings is 2. The van der Waals surface area contributed by atoms with E-state index < -0.39 is 0 Å². The molecule has 1 N–H and O–H groups in total. The van der Waals surface area contributed by atoms with Gasteiger partial charge in [-0.25, -0.2) is 0 Å². The highest BCUT2D eigenvalue weighted by Crippen LogP contribution is 2.43. The van der Waals surface area contributed by atoms with Crippen LogP contribution in [0.1, 0.15) is 71.2 Å². The maximum absolute atomic E-state index is 3.83. The zero-order valence-electron chi connectivity index (χ0n) is 15.5. The van der Waals surface area contributed by atoms with Gasteiger partial charge in [-0.2, -0.15) is 0 Å². The molecule has 23 heavy (non-hydrogen) atoms. The van der Waals surface area contributed by atoms with Crippen LogP contribution < -0.4 is 5.32 Å². The van der Waals surface area contributed by atoms with E-state index in [9.17, 15) is 0 Å². The fourth-order valence-electron chi connectivity index (χ4n) is 3.72. The van der Waals surface area contributed by atoms with Gasteiger partial charge in [0.05, 0.1) is 6.04 Å². The molecular weight excluding hydrogens is 278 g/mol. The van der Waals surface area contributed by atoms with Crippen LogP contribution in [0.15, 0.2) is 36.4 Å². The molecule has 0 saturated heterocycles. The summed E-state index contributed by atoms with van der Waals surface area (Å²) in [5.74, 6) is 0. The first kappa shape index (κ1) is 16.3. The molecule has 2 aromatic carbocycles. The van der Waals surface area contributed by atoms with Crippen molar-refractivity contribution in [1.82, 2.24) is 5.32 Å². The van der Waals surface area contributed by atoms with Crippen molar-refractivity contribution in [3.05, 3.63) is 53.1 Å². The maximum Gasteiger partial charge on any atom is 0.0525 e. The van der Waals surface area contributed by atoms with Crippen LogP contribution in [0.4, 0.5) is 0 Å². The number of nitrogens with one attached hydrogen (secondary N) is 1. The fourth-order valence-corrected chi connectivity index (χ4v) is 3.72. The Morgan fingerprint density at radius 1 is 0.913 bits per heavy atom. The first-order chi connectivity index (χ1) is 10.6. The Kier molecular flexibility index (Phi) is 3.68. The van der Waals surface area contributed by atoms with E-state index in [1.807, 2.05) is 0 Å². The van der Waals surface area contributed by atoms with Crippen LogP contribution in [-0.2, 0) is 5.41 Å². The topological polar surface area (TPSA) is 12.0 Å². The smallest absolute Gasteiger partial charge is 0.0525 e. The van der Waals surface area contributed by atoms with Gasteiger partial charge in [0.1, 0.15) is 0 Å². The summed E-state index contributed by atoms with van der Waals surface area (Å²) >= 11 is 0. The minimum Gasteiger partial charge on any atom is -0.302 e.